The number of esters is 1. The summed E-state index contributed by atoms with van der Waals surface area (Å²) in [6.07, 6.45) is 0.395. The number of nitrogens with zero attached hydrogens (tertiary/aromatic N) is 4. The minimum absolute atomic E-state index is 0.110. The number of non-ortho nitro benzene ring substituents is 1. The molecular formula is C19H18N4O6. The number of ether oxygens (including phenoxy) is 2. The Morgan fingerprint density at radius 3 is 2.21 bits per heavy atom. The largest absolute Gasteiger partial charge is 0.497 e. The molecule has 150 valence electrons. The van der Waals surface area contributed by atoms with Gasteiger partial charge in [-0.3, -0.25) is 14.9 Å². The summed E-state index contributed by atoms with van der Waals surface area (Å²) < 4.78 is 9.57. The van der Waals surface area contributed by atoms with E-state index in [9.17, 15) is 19.7 Å². The van der Waals surface area contributed by atoms with E-state index in [0.29, 0.717) is 17.9 Å². The molecule has 0 unspecified atom stereocenters. The van der Waals surface area contributed by atoms with Gasteiger partial charge in [0.1, 0.15) is 5.75 Å². The first-order valence-corrected chi connectivity index (χ1v) is 8.41. The third-order valence-corrected chi connectivity index (χ3v) is 4.08. The van der Waals surface area contributed by atoms with Crippen molar-refractivity contribution in [1.82, 2.24) is 0 Å². The van der Waals surface area contributed by atoms with Crippen LogP contribution >= 0.6 is 0 Å². The normalized spacial score (nSPS) is 9.86. The summed E-state index contributed by atoms with van der Waals surface area (Å²) in [6, 6.07) is 12.4. The van der Waals surface area contributed by atoms with E-state index < -0.39 is 22.5 Å². The van der Waals surface area contributed by atoms with Crippen LogP contribution in [0.4, 0.5) is 11.4 Å². The first kappa shape index (κ1) is 21.3. The van der Waals surface area contributed by atoms with Gasteiger partial charge in [-0.1, -0.05) is 12.1 Å². The number of carbonyl (C=O) groups excluding carboxylic acids is 2. The summed E-state index contributed by atoms with van der Waals surface area (Å²) >= 11 is 0. The first-order chi connectivity index (χ1) is 13.9. The van der Waals surface area contributed by atoms with E-state index in [1.165, 1.54) is 29.2 Å². The second-order valence-electron chi connectivity index (χ2n) is 5.77. The molecule has 2 aromatic rings. The maximum Gasteiger partial charge on any atom is 0.463 e. The van der Waals surface area contributed by atoms with E-state index in [2.05, 4.69) is 9.53 Å². The van der Waals surface area contributed by atoms with E-state index in [1.807, 2.05) is 12.1 Å². The minimum Gasteiger partial charge on any atom is -0.497 e. The topological polar surface area (TPSA) is 135 Å². The van der Waals surface area contributed by atoms with Gasteiger partial charge in [-0.15, -0.1) is 0 Å². The van der Waals surface area contributed by atoms with Crippen LogP contribution in [0.5, 0.6) is 5.75 Å². The predicted molar refractivity (Wildman–Crippen MR) is 103 cm³/mol. The van der Waals surface area contributed by atoms with Crippen molar-refractivity contribution in [2.75, 3.05) is 25.7 Å². The van der Waals surface area contributed by atoms with Gasteiger partial charge in [-0.05, 0) is 36.2 Å². The molecule has 0 bridgehead atoms. The molecule has 0 saturated heterocycles. The zero-order valence-corrected chi connectivity index (χ0v) is 15.8. The molecule has 0 spiro atoms. The molecule has 0 aliphatic carbocycles. The van der Waals surface area contributed by atoms with E-state index >= 15 is 0 Å². The highest BCUT2D eigenvalue weighted by Crippen LogP contribution is 2.21. The Balaban J connectivity index is 2.33. The number of hydrogen-bond donors (Lipinski definition) is 0. The van der Waals surface area contributed by atoms with Crippen LogP contribution in [0, 0.1) is 10.1 Å². The second kappa shape index (κ2) is 9.77. The molecule has 1 amide bonds. The van der Waals surface area contributed by atoms with Gasteiger partial charge in [-0.25, -0.2) is 4.79 Å². The second-order valence-corrected chi connectivity index (χ2v) is 5.77. The van der Waals surface area contributed by atoms with Gasteiger partial charge >= 0.3 is 17.6 Å². The lowest BCUT2D eigenvalue weighted by Gasteiger charge is -2.20. The summed E-state index contributed by atoms with van der Waals surface area (Å²) in [7, 11) is 2.60. The van der Waals surface area contributed by atoms with Gasteiger partial charge in [0.15, 0.2) is 0 Å². The lowest BCUT2D eigenvalue weighted by molar-refractivity contribution is -0.384. The molecule has 0 heterocycles. The van der Waals surface area contributed by atoms with Crippen molar-refractivity contribution in [3.63, 3.8) is 0 Å². The summed E-state index contributed by atoms with van der Waals surface area (Å²) in [6.45, 7) is 0.110. The smallest absolute Gasteiger partial charge is 0.463 e. The Bertz CT molecular complexity index is 950. The fourth-order valence-corrected chi connectivity index (χ4v) is 2.53. The van der Waals surface area contributed by atoms with Crippen molar-refractivity contribution in [3.8, 4) is 5.75 Å². The molecule has 10 nitrogen and oxygen atoms in total. The van der Waals surface area contributed by atoms with E-state index in [0.717, 1.165) is 12.7 Å². The Morgan fingerprint density at radius 2 is 1.72 bits per heavy atom. The Labute approximate surface area is 166 Å². The molecule has 0 aliphatic rings. The molecule has 2 aromatic carbocycles. The van der Waals surface area contributed by atoms with E-state index in [-0.39, 0.29) is 12.2 Å². The fraction of sp³-hybridized carbons (Fsp3) is 0.211. The number of hydrogen-bond acceptors (Lipinski definition) is 6. The molecule has 29 heavy (non-hydrogen) atoms. The van der Waals surface area contributed by atoms with Crippen molar-refractivity contribution >= 4 is 29.0 Å². The van der Waals surface area contributed by atoms with Crippen LogP contribution in [-0.2, 0) is 20.7 Å². The molecule has 2 rings (SSSR count). The highest BCUT2D eigenvalue weighted by molar-refractivity contribution is 6.64. The Morgan fingerprint density at radius 1 is 1.10 bits per heavy atom. The summed E-state index contributed by atoms with van der Waals surface area (Å²) in [5, 5.41) is 10.9. The summed E-state index contributed by atoms with van der Waals surface area (Å²) in [4.78, 5) is 38.8. The average molecular weight is 398 g/mol. The third-order valence-electron chi connectivity index (χ3n) is 4.08. The maximum absolute atomic E-state index is 12.8. The molecule has 0 fully saturated rings. The number of benzene rings is 2. The Kier molecular flexibility index (Phi) is 7.16. The van der Waals surface area contributed by atoms with Gasteiger partial charge in [0.25, 0.3) is 5.69 Å². The zero-order valence-electron chi connectivity index (χ0n) is 15.8. The highest BCUT2D eigenvalue weighted by atomic mass is 16.6. The molecule has 0 radical (unpaired) electrons. The lowest BCUT2D eigenvalue weighted by atomic mass is 10.1. The van der Waals surface area contributed by atoms with Gasteiger partial charge in [0.05, 0.1) is 19.1 Å². The average Bonchev–Trinajstić information content (AvgIpc) is 2.75. The number of methoxy groups -OCH3 is 2. The first-order valence-electron chi connectivity index (χ1n) is 8.41. The van der Waals surface area contributed by atoms with Gasteiger partial charge in [-0.2, -0.15) is 4.79 Å². The van der Waals surface area contributed by atoms with Crippen molar-refractivity contribution in [2.45, 2.75) is 6.42 Å². The van der Waals surface area contributed by atoms with Crippen molar-refractivity contribution in [1.29, 1.82) is 0 Å². The number of carbonyl (C=O) groups is 2. The van der Waals surface area contributed by atoms with Crippen molar-refractivity contribution in [2.24, 2.45) is 0 Å². The Hall–Kier alpha value is -4.04. The van der Waals surface area contributed by atoms with Crippen LogP contribution in [0.15, 0.2) is 48.5 Å². The van der Waals surface area contributed by atoms with Crippen molar-refractivity contribution < 1.29 is 28.8 Å². The quantitative estimate of drug-likeness (QED) is 0.127. The molecule has 10 heteroatoms. The van der Waals surface area contributed by atoms with Gasteiger partial charge in [0, 0.05) is 24.4 Å². The molecule has 0 saturated carbocycles. The lowest BCUT2D eigenvalue weighted by Crippen LogP contribution is -2.42. The number of rotatable bonds is 8. The number of amides is 1. The highest BCUT2D eigenvalue weighted by Gasteiger charge is 2.35. The molecule has 0 aliphatic heterocycles. The van der Waals surface area contributed by atoms with Crippen LogP contribution in [-0.4, -0.2) is 48.1 Å². The number of nitro benzene ring substituents is 1. The molecule has 0 aromatic heterocycles. The fourth-order valence-electron chi connectivity index (χ4n) is 2.53. The SMILES string of the molecule is COC(=O)C(=[N+]=[N-])C(=O)N(CCc1ccc(OC)cc1)c1ccc([N+](=O)[O-])cc1. The van der Waals surface area contributed by atoms with Crippen LogP contribution in [0.25, 0.3) is 5.53 Å². The molecule has 0 atom stereocenters. The van der Waals surface area contributed by atoms with Crippen LogP contribution in [0.1, 0.15) is 5.56 Å². The van der Waals surface area contributed by atoms with Crippen molar-refractivity contribution in [3.05, 3.63) is 69.7 Å². The number of anilines is 1. The minimum atomic E-state index is -1.10. The van der Waals surface area contributed by atoms with Gasteiger partial charge in [0.2, 0.25) is 0 Å². The summed E-state index contributed by atoms with van der Waals surface area (Å²) in [5.74, 6) is -1.33. The molecular weight excluding hydrogens is 380 g/mol. The summed E-state index contributed by atoms with van der Waals surface area (Å²) in [5.41, 5.74) is 9.30. The van der Waals surface area contributed by atoms with Gasteiger partial charge < -0.3 is 19.9 Å². The molecule has 0 N–H and O–H groups in total. The zero-order chi connectivity index (χ0) is 21.4. The van der Waals surface area contributed by atoms with E-state index in [4.69, 9.17) is 10.3 Å². The van der Waals surface area contributed by atoms with Crippen LogP contribution in [0.2, 0.25) is 0 Å². The van der Waals surface area contributed by atoms with Crippen LogP contribution < -0.4 is 9.64 Å². The van der Waals surface area contributed by atoms with E-state index in [1.54, 1.807) is 19.2 Å². The van der Waals surface area contributed by atoms with Crippen LogP contribution in [0.3, 0.4) is 0 Å². The maximum atomic E-state index is 12.8. The third kappa shape index (κ3) is 5.24. The standard InChI is InChI=1S/C19H18N4O6/c1-28-16-9-3-13(4-10-16)11-12-22(18(24)17(21-20)19(25)29-2)14-5-7-15(8-6-14)23(26)27/h3-10H,11-12H2,1-2H3. The predicted octanol–water partition coefficient (Wildman–Crippen LogP) is 2.02. The monoisotopic (exact) mass is 398 g/mol. The number of nitro groups is 1.